The lowest BCUT2D eigenvalue weighted by Crippen LogP contribution is -2.46. The minimum absolute atomic E-state index is 0.199. The van der Waals surface area contributed by atoms with Crippen LogP contribution in [0, 0.1) is 0 Å². The van der Waals surface area contributed by atoms with E-state index in [2.05, 4.69) is 32.3 Å². The van der Waals surface area contributed by atoms with Gasteiger partial charge in [0.1, 0.15) is 11.6 Å². The monoisotopic (exact) mass is 383 g/mol. The smallest absolute Gasteiger partial charge is 0.315 e. The molecule has 2 aromatic rings. The Morgan fingerprint density at radius 2 is 1.64 bits per heavy atom. The Labute approximate surface area is 166 Å². The standard InChI is InChI=1S/C21H29N5O2/c1-3-25-10-12-26(13-11-25)20-9-6-18(15-22-20)16-24-21(27)23-14-17-4-7-19(28-2)8-5-17/h4-9,15H,3,10-14,16H2,1-2H3,(H2,23,24,27). The summed E-state index contributed by atoms with van der Waals surface area (Å²) >= 11 is 0. The molecule has 1 aliphatic heterocycles. The number of piperazine rings is 1. The number of pyridine rings is 1. The van der Waals surface area contributed by atoms with Gasteiger partial charge in [-0.3, -0.25) is 0 Å². The second-order valence-electron chi connectivity index (χ2n) is 6.83. The second-order valence-corrected chi connectivity index (χ2v) is 6.83. The predicted octanol–water partition coefficient (Wildman–Crippen LogP) is 2.23. The Morgan fingerprint density at radius 3 is 2.21 bits per heavy atom. The third-order valence-electron chi connectivity index (χ3n) is 5.02. The maximum Gasteiger partial charge on any atom is 0.315 e. The van der Waals surface area contributed by atoms with Crippen LogP contribution in [0.1, 0.15) is 18.1 Å². The largest absolute Gasteiger partial charge is 0.497 e. The van der Waals surface area contributed by atoms with Gasteiger partial charge in [-0.25, -0.2) is 9.78 Å². The van der Waals surface area contributed by atoms with E-state index in [9.17, 15) is 4.79 Å². The predicted molar refractivity (Wildman–Crippen MR) is 111 cm³/mol. The summed E-state index contributed by atoms with van der Waals surface area (Å²) < 4.78 is 5.13. The van der Waals surface area contributed by atoms with Crippen LogP contribution in [-0.2, 0) is 13.1 Å². The highest BCUT2D eigenvalue weighted by atomic mass is 16.5. The zero-order valence-corrected chi connectivity index (χ0v) is 16.6. The fourth-order valence-electron chi connectivity index (χ4n) is 3.17. The molecule has 0 atom stereocenters. The third kappa shape index (κ3) is 5.60. The Bertz CT molecular complexity index is 740. The molecule has 3 rings (SSSR count). The van der Waals surface area contributed by atoms with Gasteiger partial charge in [-0.1, -0.05) is 25.1 Å². The Kier molecular flexibility index (Phi) is 7.08. The van der Waals surface area contributed by atoms with Crippen LogP contribution in [-0.4, -0.2) is 55.7 Å². The fourth-order valence-corrected chi connectivity index (χ4v) is 3.17. The molecule has 150 valence electrons. The molecule has 2 N–H and O–H groups in total. The summed E-state index contributed by atoms with van der Waals surface area (Å²) in [6.07, 6.45) is 1.84. The number of benzene rings is 1. The van der Waals surface area contributed by atoms with Crippen molar-refractivity contribution in [1.82, 2.24) is 20.5 Å². The van der Waals surface area contributed by atoms with Crippen molar-refractivity contribution >= 4 is 11.8 Å². The first-order chi connectivity index (χ1) is 13.7. The van der Waals surface area contributed by atoms with Crippen LogP contribution in [0.5, 0.6) is 5.75 Å². The number of nitrogens with one attached hydrogen (secondary N) is 2. The van der Waals surface area contributed by atoms with Crippen LogP contribution >= 0.6 is 0 Å². The zero-order chi connectivity index (χ0) is 19.8. The summed E-state index contributed by atoms with van der Waals surface area (Å²) in [6.45, 7) is 8.39. The lowest BCUT2D eigenvalue weighted by molar-refractivity contribution is 0.240. The van der Waals surface area contributed by atoms with Gasteiger partial charge in [0.25, 0.3) is 0 Å². The number of rotatable bonds is 7. The van der Waals surface area contributed by atoms with E-state index in [0.717, 1.165) is 55.4 Å². The number of hydrogen-bond acceptors (Lipinski definition) is 5. The number of urea groups is 1. The summed E-state index contributed by atoms with van der Waals surface area (Å²) in [7, 11) is 1.63. The Morgan fingerprint density at radius 1 is 1.00 bits per heavy atom. The molecule has 0 unspecified atom stereocenters. The van der Waals surface area contributed by atoms with Crippen molar-refractivity contribution in [2.24, 2.45) is 0 Å². The molecule has 7 nitrogen and oxygen atoms in total. The van der Waals surface area contributed by atoms with Crippen LogP contribution in [0.25, 0.3) is 0 Å². The lowest BCUT2D eigenvalue weighted by atomic mass is 10.2. The normalized spacial score (nSPS) is 14.6. The molecule has 1 fully saturated rings. The van der Waals surface area contributed by atoms with Crippen molar-refractivity contribution < 1.29 is 9.53 Å². The van der Waals surface area contributed by atoms with Crippen molar-refractivity contribution in [2.75, 3.05) is 44.7 Å². The molecule has 2 amide bonds. The van der Waals surface area contributed by atoms with Crippen molar-refractivity contribution in [3.8, 4) is 5.75 Å². The molecule has 7 heteroatoms. The highest BCUT2D eigenvalue weighted by Crippen LogP contribution is 2.14. The zero-order valence-electron chi connectivity index (χ0n) is 16.6. The molecule has 1 aromatic carbocycles. The van der Waals surface area contributed by atoms with Crippen LogP contribution in [0.2, 0.25) is 0 Å². The van der Waals surface area contributed by atoms with Crippen LogP contribution in [0.3, 0.4) is 0 Å². The molecule has 0 spiro atoms. The van der Waals surface area contributed by atoms with Gasteiger partial charge in [0, 0.05) is 45.5 Å². The number of likely N-dealkylation sites (N-methyl/N-ethyl adjacent to an activating group) is 1. The molecule has 1 saturated heterocycles. The van der Waals surface area contributed by atoms with E-state index in [1.165, 1.54) is 0 Å². The van der Waals surface area contributed by atoms with E-state index in [0.29, 0.717) is 13.1 Å². The molecule has 2 heterocycles. The molecule has 0 radical (unpaired) electrons. The summed E-state index contributed by atoms with van der Waals surface area (Å²) in [5.74, 6) is 1.81. The van der Waals surface area contributed by atoms with Crippen molar-refractivity contribution in [1.29, 1.82) is 0 Å². The Hall–Kier alpha value is -2.80. The number of anilines is 1. The Balaban J connectivity index is 1.41. The molecular formula is C21H29N5O2. The summed E-state index contributed by atoms with van der Waals surface area (Å²) in [5, 5.41) is 5.72. The molecular weight excluding hydrogens is 354 g/mol. The molecule has 28 heavy (non-hydrogen) atoms. The number of methoxy groups -OCH3 is 1. The first-order valence-corrected chi connectivity index (χ1v) is 9.75. The van der Waals surface area contributed by atoms with Gasteiger partial charge in [0.05, 0.1) is 7.11 Å². The SMILES string of the molecule is CCN1CCN(c2ccc(CNC(=O)NCc3ccc(OC)cc3)cn2)CC1. The highest BCUT2D eigenvalue weighted by Gasteiger charge is 2.16. The van der Waals surface area contributed by atoms with Gasteiger partial charge < -0.3 is 25.2 Å². The van der Waals surface area contributed by atoms with Crippen molar-refractivity contribution in [2.45, 2.75) is 20.0 Å². The fraction of sp³-hybridized carbons (Fsp3) is 0.429. The third-order valence-corrected chi connectivity index (χ3v) is 5.02. The van der Waals surface area contributed by atoms with Crippen LogP contribution in [0.4, 0.5) is 10.6 Å². The van der Waals surface area contributed by atoms with E-state index < -0.39 is 0 Å². The number of hydrogen-bond donors (Lipinski definition) is 2. The summed E-state index contributed by atoms with van der Waals surface area (Å²) in [5.41, 5.74) is 2.00. The van der Waals surface area contributed by atoms with Gasteiger partial charge in [-0.05, 0) is 35.9 Å². The highest BCUT2D eigenvalue weighted by molar-refractivity contribution is 5.73. The molecule has 0 aliphatic carbocycles. The topological polar surface area (TPSA) is 69.7 Å². The first kappa shape index (κ1) is 19.9. The number of aromatic nitrogens is 1. The number of carbonyl (C=O) groups excluding carboxylic acids is 1. The summed E-state index contributed by atoms with van der Waals surface area (Å²) in [6, 6.07) is 11.5. The van der Waals surface area contributed by atoms with Gasteiger partial charge in [0.2, 0.25) is 0 Å². The maximum atomic E-state index is 12.0. The van der Waals surface area contributed by atoms with Crippen LogP contribution in [0.15, 0.2) is 42.6 Å². The van der Waals surface area contributed by atoms with E-state index in [1.807, 2.05) is 42.6 Å². The van der Waals surface area contributed by atoms with Gasteiger partial charge in [-0.15, -0.1) is 0 Å². The van der Waals surface area contributed by atoms with E-state index in [1.54, 1.807) is 7.11 Å². The molecule has 1 aromatic heterocycles. The molecule has 0 saturated carbocycles. The van der Waals surface area contributed by atoms with Gasteiger partial charge >= 0.3 is 6.03 Å². The van der Waals surface area contributed by atoms with E-state index in [-0.39, 0.29) is 6.03 Å². The molecule has 0 bridgehead atoms. The van der Waals surface area contributed by atoms with E-state index >= 15 is 0 Å². The van der Waals surface area contributed by atoms with Gasteiger partial charge in [0.15, 0.2) is 0 Å². The van der Waals surface area contributed by atoms with Crippen molar-refractivity contribution in [3.63, 3.8) is 0 Å². The quantitative estimate of drug-likeness (QED) is 0.767. The molecule has 1 aliphatic rings. The van der Waals surface area contributed by atoms with Crippen LogP contribution < -0.4 is 20.3 Å². The minimum Gasteiger partial charge on any atom is -0.497 e. The average molecular weight is 383 g/mol. The van der Waals surface area contributed by atoms with Crippen molar-refractivity contribution in [3.05, 3.63) is 53.7 Å². The average Bonchev–Trinajstić information content (AvgIpc) is 2.77. The lowest BCUT2D eigenvalue weighted by Gasteiger charge is -2.34. The number of amides is 2. The number of ether oxygens (including phenoxy) is 1. The first-order valence-electron chi connectivity index (χ1n) is 9.75. The van der Waals surface area contributed by atoms with E-state index in [4.69, 9.17) is 4.74 Å². The second kappa shape index (κ2) is 9.94. The minimum atomic E-state index is -0.199. The summed E-state index contributed by atoms with van der Waals surface area (Å²) in [4.78, 5) is 21.3. The maximum absolute atomic E-state index is 12.0. The number of carbonyl (C=O) groups is 1. The van der Waals surface area contributed by atoms with Gasteiger partial charge in [-0.2, -0.15) is 0 Å². The number of nitrogens with zero attached hydrogens (tertiary/aromatic N) is 3.